The average Bonchev–Trinajstić information content (AvgIpc) is 3.30. The Morgan fingerprint density at radius 3 is 2.47 bits per heavy atom. The number of carbonyl (C=O) groups is 3. The van der Waals surface area contributed by atoms with E-state index in [1.54, 1.807) is 19.1 Å². The maximum atomic E-state index is 13.0. The molecule has 1 fully saturated rings. The number of fused-ring (bicyclic) bond motifs is 1. The van der Waals surface area contributed by atoms with Gasteiger partial charge in [-0.3, -0.25) is 24.6 Å². The van der Waals surface area contributed by atoms with Crippen molar-refractivity contribution in [3.05, 3.63) is 47.8 Å². The monoisotopic (exact) mass is 446 g/mol. The molecule has 1 N–H and O–H groups in total. The van der Waals surface area contributed by atoms with Gasteiger partial charge in [0.15, 0.2) is 4.34 Å². The predicted octanol–water partition coefficient (Wildman–Crippen LogP) is 3.25. The van der Waals surface area contributed by atoms with Crippen LogP contribution in [0.15, 0.2) is 40.8 Å². The molecule has 3 atom stereocenters. The van der Waals surface area contributed by atoms with Crippen LogP contribution in [0.1, 0.15) is 25.3 Å². The fraction of sp³-hybridized carbons (Fsp3) is 0.350. The standard InChI is InChI=1S/C20H19FN4O3S2/c1-11(25-17(27)14-4-2-3-5-15(14)18(25)28)16(26)22-19-23-24-20(30-19)29-10-12-6-8-13(21)9-7-12/h2-3,6-9,11,14-15H,4-5,10H2,1H3,(H,22,23,26)/t11-,14+,15+/m0/s1. The number of halogens is 1. The zero-order valence-corrected chi connectivity index (χ0v) is 17.7. The number of rotatable bonds is 6. The van der Waals surface area contributed by atoms with Gasteiger partial charge in [0.25, 0.3) is 0 Å². The van der Waals surface area contributed by atoms with Gasteiger partial charge in [-0.25, -0.2) is 4.39 Å². The van der Waals surface area contributed by atoms with Crippen LogP contribution in [0.2, 0.25) is 0 Å². The molecule has 30 heavy (non-hydrogen) atoms. The Kier molecular flexibility index (Phi) is 5.96. The second-order valence-corrected chi connectivity index (χ2v) is 9.36. The summed E-state index contributed by atoms with van der Waals surface area (Å²) in [4.78, 5) is 39.0. The molecular formula is C20H19FN4O3S2. The summed E-state index contributed by atoms with van der Waals surface area (Å²) in [5.74, 6) is -1.48. The van der Waals surface area contributed by atoms with Gasteiger partial charge < -0.3 is 0 Å². The van der Waals surface area contributed by atoms with Gasteiger partial charge in [0.2, 0.25) is 22.9 Å². The SMILES string of the molecule is C[C@@H](C(=O)Nc1nnc(SCc2ccc(F)cc2)s1)N1C(=O)[C@@H]2CC=CC[C@H]2C1=O. The summed E-state index contributed by atoms with van der Waals surface area (Å²) in [6.07, 6.45) is 4.89. The molecule has 0 bridgehead atoms. The van der Waals surface area contributed by atoms with Gasteiger partial charge in [0.1, 0.15) is 11.9 Å². The van der Waals surface area contributed by atoms with E-state index in [1.165, 1.54) is 35.2 Å². The third-order valence-corrected chi connectivity index (χ3v) is 7.26. The molecular weight excluding hydrogens is 427 g/mol. The highest BCUT2D eigenvalue weighted by Crippen LogP contribution is 2.36. The molecule has 2 aliphatic rings. The number of aromatic nitrogens is 2. The van der Waals surface area contributed by atoms with E-state index < -0.39 is 11.9 Å². The molecule has 4 rings (SSSR count). The number of nitrogens with one attached hydrogen (secondary N) is 1. The summed E-state index contributed by atoms with van der Waals surface area (Å²) in [5.41, 5.74) is 0.942. The lowest BCUT2D eigenvalue weighted by Gasteiger charge is -2.21. The van der Waals surface area contributed by atoms with E-state index in [1.807, 2.05) is 12.2 Å². The van der Waals surface area contributed by atoms with Crippen LogP contribution in [0, 0.1) is 17.7 Å². The Balaban J connectivity index is 1.35. The summed E-state index contributed by atoms with van der Waals surface area (Å²) in [5, 5.41) is 10.9. The van der Waals surface area contributed by atoms with Crippen molar-refractivity contribution in [3.63, 3.8) is 0 Å². The summed E-state index contributed by atoms with van der Waals surface area (Å²) >= 11 is 2.62. The Labute approximate surface area is 180 Å². The first-order chi connectivity index (χ1) is 14.4. The van der Waals surface area contributed by atoms with Crippen molar-refractivity contribution in [2.45, 2.75) is 35.9 Å². The third kappa shape index (κ3) is 4.15. The number of hydrogen-bond donors (Lipinski definition) is 1. The number of hydrogen-bond acceptors (Lipinski definition) is 7. The van der Waals surface area contributed by atoms with Crippen molar-refractivity contribution in [1.29, 1.82) is 0 Å². The molecule has 1 aromatic heterocycles. The Hall–Kier alpha value is -2.59. The Morgan fingerprint density at radius 2 is 1.83 bits per heavy atom. The zero-order chi connectivity index (χ0) is 21.3. The van der Waals surface area contributed by atoms with Gasteiger partial charge in [-0.2, -0.15) is 0 Å². The molecule has 0 unspecified atom stereocenters. The topological polar surface area (TPSA) is 92.3 Å². The van der Waals surface area contributed by atoms with E-state index in [0.717, 1.165) is 10.5 Å². The first-order valence-electron chi connectivity index (χ1n) is 9.47. The summed E-state index contributed by atoms with van der Waals surface area (Å²) in [6, 6.07) is 5.28. The molecule has 0 spiro atoms. The van der Waals surface area contributed by atoms with Gasteiger partial charge in [-0.1, -0.05) is 47.4 Å². The number of likely N-dealkylation sites (tertiary alicyclic amines) is 1. The highest BCUT2D eigenvalue weighted by molar-refractivity contribution is 8.00. The Bertz CT molecular complexity index is 982. The molecule has 0 saturated carbocycles. The number of allylic oxidation sites excluding steroid dienone is 2. The predicted molar refractivity (Wildman–Crippen MR) is 111 cm³/mol. The highest BCUT2D eigenvalue weighted by Gasteiger charge is 2.50. The average molecular weight is 447 g/mol. The Morgan fingerprint density at radius 1 is 1.20 bits per heavy atom. The van der Waals surface area contributed by atoms with Crippen molar-refractivity contribution >= 4 is 46.0 Å². The number of imide groups is 1. The van der Waals surface area contributed by atoms with Crippen molar-refractivity contribution in [2.24, 2.45) is 11.8 Å². The molecule has 1 aromatic carbocycles. The first kappa shape index (κ1) is 20.7. The van der Waals surface area contributed by atoms with E-state index in [2.05, 4.69) is 15.5 Å². The van der Waals surface area contributed by atoms with Crippen molar-refractivity contribution < 1.29 is 18.8 Å². The normalized spacial score (nSPS) is 21.6. The van der Waals surface area contributed by atoms with E-state index in [9.17, 15) is 18.8 Å². The molecule has 0 radical (unpaired) electrons. The van der Waals surface area contributed by atoms with Gasteiger partial charge in [-0.05, 0) is 37.5 Å². The van der Waals surface area contributed by atoms with E-state index >= 15 is 0 Å². The van der Waals surface area contributed by atoms with Crippen LogP contribution >= 0.6 is 23.1 Å². The minimum absolute atomic E-state index is 0.287. The molecule has 2 heterocycles. The third-order valence-electron chi connectivity index (χ3n) is 5.22. The maximum absolute atomic E-state index is 13.0. The molecule has 156 valence electrons. The summed E-state index contributed by atoms with van der Waals surface area (Å²) < 4.78 is 13.6. The fourth-order valence-electron chi connectivity index (χ4n) is 3.58. The molecule has 2 aromatic rings. The molecule has 1 aliphatic heterocycles. The molecule has 1 saturated heterocycles. The summed E-state index contributed by atoms with van der Waals surface area (Å²) in [7, 11) is 0. The van der Waals surface area contributed by atoms with Crippen LogP contribution in [0.4, 0.5) is 9.52 Å². The van der Waals surface area contributed by atoms with Crippen LogP contribution in [0.5, 0.6) is 0 Å². The minimum atomic E-state index is -0.921. The minimum Gasteiger partial charge on any atom is -0.299 e. The smallest absolute Gasteiger partial charge is 0.249 e. The molecule has 7 nitrogen and oxygen atoms in total. The van der Waals surface area contributed by atoms with Crippen LogP contribution in [-0.2, 0) is 20.1 Å². The lowest BCUT2D eigenvalue weighted by molar-refractivity contribution is -0.146. The first-order valence-corrected chi connectivity index (χ1v) is 11.3. The van der Waals surface area contributed by atoms with Crippen LogP contribution in [0.3, 0.4) is 0 Å². The van der Waals surface area contributed by atoms with Gasteiger partial charge in [0.05, 0.1) is 11.8 Å². The van der Waals surface area contributed by atoms with Gasteiger partial charge in [-0.15, -0.1) is 10.2 Å². The van der Waals surface area contributed by atoms with E-state index in [-0.39, 0.29) is 29.5 Å². The highest BCUT2D eigenvalue weighted by atomic mass is 32.2. The second-order valence-electron chi connectivity index (χ2n) is 7.16. The van der Waals surface area contributed by atoms with Crippen molar-refractivity contribution in [2.75, 3.05) is 5.32 Å². The van der Waals surface area contributed by atoms with Gasteiger partial charge >= 0.3 is 0 Å². The number of carbonyl (C=O) groups excluding carboxylic acids is 3. The van der Waals surface area contributed by atoms with Gasteiger partial charge in [0, 0.05) is 5.75 Å². The molecule has 3 amide bonds. The summed E-state index contributed by atoms with van der Waals surface area (Å²) in [6.45, 7) is 1.54. The number of thioether (sulfide) groups is 1. The van der Waals surface area contributed by atoms with Crippen molar-refractivity contribution in [3.8, 4) is 0 Å². The molecule has 1 aliphatic carbocycles. The van der Waals surface area contributed by atoms with Crippen LogP contribution in [0.25, 0.3) is 0 Å². The maximum Gasteiger partial charge on any atom is 0.249 e. The van der Waals surface area contributed by atoms with E-state index in [4.69, 9.17) is 0 Å². The second kappa shape index (κ2) is 8.65. The zero-order valence-electron chi connectivity index (χ0n) is 16.1. The van der Waals surface area contributed by atoms with E-state index in [0.29, 0.717) is 28.1 Å². The fourth-order valence-corrected chi connectivity index (χ4v) is 5.29. The number of benzene rings is 1. The quantitative estimate of drug-likeness (QED) is 0.317. The molecule has 10 heteroatoms. The van der Waals surface area contributed by atoms with Crippen LogP contribution in [-0.4, -0.2) is 38.9 Å². The number of amides is 3. The largest absolute Gasteiger partial charge is 0.299 e. The number of anilines is 1. The van der Waals surface area contributed by atoms with Crippen LogP contribution < -0.4 is 5.32 Å². The lowest BCUT2D eigenvalue weighted by Crippen LogP contribution is -2.46. The lowest BCUT2D eigenvalue weighted by atomic mass is 9.85. The van der Waals surface area contributed by atoms with Crippen molar-refractivity contribution in [1.82, 2.24) is 15.1 Å². The number of nitrogens with zero attached hydrogens (tertiary/aromatic N) is 3.